The summed E-state index contributed by atoms with van der Waals surface area (Å²) in [4.78, 5) is 2.81. The predicted molar refractivity (Wildman–Crippen MR) is 74.3 cm³/mol. The second kappa shape index (κ2) is 5.42. The lowest BCUT2D eigenvalue weighted by atomic mass is 10.2. The summed E-state index contributed by atoms with van der Waals surface area (Å²) in [5.74, 6) is -0.235. The maximum atomic E-state index is 13.1. The van der Waals surface area contributed by atoms with E-state index in [1.54, 1.807) is 6.07 Å². The van der Waals surface area contributed by atoms with Crippen LogP contribution in [0.25, 0.3) is 0 Å². The van der Waals surface area contributed by atoms with Gasteiger partial charge in [-0.2, -0.15) is 0 Å². The number of hydrogen-bond acceptors (Lipinski definition) is 2. The topological polar surface area (TPSA) is 29.3 Å². The van der Waals surface area contributed by atoms with Crippen LogP contribution in [-0.2, 0) is 6.54 Å². The molecule has 1 aromatic rings. The van der Waals surface area contributed by atoms with E-state index in [-0.39, 0.29) is 11.9 Å². The lowest BCUT2D eigenvalue weighted by Crippen LogP contribution is -2.38. The third kappa shape index (κ3) is 3.03. The van der Waals surface area contributed by atoms with Gasteiger partial charge in [-0.1, -0.05) is 18.3 Å². The van der Waals surface area contributed by atoms with Crippen LogP contribution < -0.4 is 5.73 Å². The first kappa shape index (κ1) is 12.9. The number of nitrogens with two attached hydrogens (primary N) is 1. The fourth-order valence-electron chi connectivity index (χ4n) is 2.21. The van der Waals surface area contributed by atoms with Crippen LogP contribution in [-0.4, -0.2) is 22.5 Å². The maximum absolute atomic E-state index is 13.1. The van der Waals surface area contributed by atoms with E-state index in [0.717, 1.165) is 31.5 Å². The zero-order valence-electron chi connectivity index (χ0n) is 9.33. The molecule has 2 nitrogen and oxygen atoms in total. The number of rotatable bonds is 3. The number of hydrogen-bond donors (Lipinski definition) is 1. The van der Waals surface area contributed by atoms with Crippen molar-refractivity contribution in [2.45, 2.75) is 25.4 Å². The van der Waals surface area contributed by atoms with Crippen LogP contribution in [0.2, 0.25) is 0 Å². The Hall–Kier alpha value is -0.520. The summed E-state index contributed by atoms with van der Waals surface area (Å²) in [5, 5.41) is 0. The minimum Gasteiger partial charge on any atom is -0.392 e. The van der Waals surface area contributed by atoms with Crippen molar-refractivity contribution in [2.24, 2.45) is 5.73 Å². The van der Waals surface area contributed by atoms with Crippen LogP contribution in [0.5, 0.6) is 0 Å². The average Bonchev–Trinajstić information content (AvgIpc) is 2.72. The Balaban J connectivity index is 2.09. The van der Waals surface area contributed by atoms with Gasteiger partial charge in [-0.25, -0.2) is 4.39 Å². The molecule has 0 aromatic heterocycles. The first-order chi connectivity index (χ1) is 8.08. The van der Waals surface area contributed by atoms with Gasteiger partial charge >= 0.3 is 0 Å². The normalized spacial score (nSPS) is 20.7. The standard InChI is InChI=1S/C12H14BrFN2S/c13-9-6-8(3-4-10(9)14)7-16-5-1-2-11(16)12(15)17/h3-4,6,11H,1-2,5,7H2,(H2,15,17). The number of likely N-dealkylation sites (tertiary alicyclic amines) is 1. The lowest BCUT2D eigenvalue weighted by Gasteiger charge is -2.23. The number of benzene rings is 1. The molecule has 0 spiro atoms. The summed E-state index contributed by atoms with van der Waals surface area (Å²) in [5.41, 5.74) is 6.79. The molecule has 0 saturated carbocycles. The van der Waals surface area contributed by atoms with Gasteiger partial charge < -0.3 is 5.73 Å². The second-order valence-electron chi connectivity index (χ2n) is 4.28. The van der Waals surface area contributed by atoms with Crippen molar-refractivity contribution in [3.05, 3.63) is 34.1 Å². The number of nitrogens with zero attached hydrogens (tertiary/aromatic N) is 1. The molecular formula is C12H14BrFN2S. The molecule has 92 valence electrons. The molecule has 1 aliphatic rings. The van der Waals surface area contributed by atoms with Crippen molar-refractivity contribution in [3.63, 3.8) is 0 Å². The highest BCUT2D eigenvalue weighted by Crippen LogP contribution is 2.23. The smallest absolute Gasteiger partial charge is 0.137 e. The second-order valence-corrected chi connectivity index (χ2v) is 5.61. The lowest BCUT2D eigenvalue weighted by molar-refractivity contribution is 0.295. The molecule has 0 bridgehead atoms. The van der Waals surface area contributed by atoms with E-state index in [9.17, 15) is 4.39 Å². The van der Waals surface area contributed by atoms with Gasteiger partial charge in [-0.3, -0.25) is 4.90 Å². The van der Waals surface area contributed by atoms with E-state index in [0.29, 0.717) is 9.46 Å². The number of thiocarbonyl (C=S) groups is 1. The molecule has 1 saturated heterocycles. The summed E-state index contributed by atoms with van der Waals surface area (Å²) in [6.07, 6.45) is 2.14. The molecule has 0 radical (unpaired) electrons. The van der Waals surface area contributed by atoms with E-state index >= 15 is 0 Å². The monoisotopic (exact) mass is 316 g/mol. The zero-order chi connectivity index (χ0) is 12.4. The molecule has 1 heterocycles. The Morgan fingerprint density at radius 2 is 2.35 bits per heavy atom. The van der Waals surface area contributed by atoms with Gasteiger partial charge in [0.05, 0.1) is 15.5 Å². The fraction of sp³-hybridized carbons (Fsp3) is 0.417. The minimum absolute atomic E-state index is 0.189. The average molecular weight is 317 g/mol. The minimum atomic E-state index is -0.235. The quantitative estimate of drug-likeness (QED) is 0.869. The molecule has 1 fully saturated rings. The summed E-state index contributed by atoms with van der Waals surface area (Å²) >= 11 is 8.26. The highest BCUT2D eigenvalue weighted by atomic mass is 79.9. The molecular weight excluding hydrogens is 303 g/mol. The Labute approximate surface area is 114 Å². The van der Waals surface area contributed by atoms with Gasteiger partial charge in [0, 0.05) is 6.54 Å². The number of halogens is 2. The van der Waals surface area contributed by atoms with Crippen molar-refractivity contribution >= 4 is 33.1 Å². The molecule has 2 N–H and O–H groups in total. The Morgan fingerprint density at radius 3 is 3.00 bits per heavy atom. The van der Waals surface area contributed by atoms with Gasteiger partial charge in [0.1, 0.15) is 5.82 Å². The third-order valence-corrected chi connectivity index (χ3v) is 3.94. The Kier molecular flexibility index (Phi) is 4.12. The van der Waals surface area contributed by atoms with Crippen LogP contribution in [0.3, 0.4) is 0 Å². The Morgan fingerprint density at radius 1 is 1.59 bits per heavy atom. The van der Waals surface area contributed by atoms with E-state index < -0.39 is 0 Å². The largest absolute Gasteiger partial charge is 0.392 e. The summed E-state index contributed by atoms with van der Waals surface area (Å²) in [7, 11) is 0. The molecule has 2 rings (SSSR count). The summed E-state index contributed by atoms with van der Waals surface area (Å²) in [6.45, 7) is 1.76. The maximum Gasteiger partial charge on any atom is 0.137 e. The molecule has 1 unspecified atom stereocenters. The summed E-state index contributed by atoms with van der Waals surface area (Å²) < 4.78 is 13.6. The SMILES string of the molecule is NC(=S)C1CCCN1Cc1ccc(F)c(Br)c1. The molecule has 1 aromatic carbocycles. The van der Waals surface area contributed by atoms with Gasteiger partial charge in [0.25, 0.3) is 0 Å². The first-order valence-corrected chi connectivity index (χ1v) is 6.75. The zero-order valence-corrected chi connectivity index (χ0v) is 11.7. The highest BCUT2D eigenvalue weighted by molar-refractivity contribution is 9.10. The Bertz CT molecular complexity index is 439. The van der Waals surface area contributed by atoms with Gasteiger partial charge in [0.15, 0.2) is 0 Å². The molecule has 1 atom stereocenters. The van der Waals surface area contributed by atoms with Crippen molar-refractivity contribution in [1.82, 2.24) is 4.90 Å². The molecule has 1 aliphatic heterocycles. The molecule has 5 heteroatoms. The molecule has 0 aliphatic carbocycles. The molecule has 17 heavy (non-hydrogen) atoms. The van der Waals surface area contributed by atoms with Crippen molar-refractivity contribution in [3.8, 4) is 0 Å². The summed E-state index contributed by atoms with van der Waals surface area (Å²) in [6, 6.07) is 5.28. The first-order valence-electron chi connectivity index (χ1n) is 5.55. The van der Waals surface area contributed by atoms with Gasteiger partial charge in [0.2, 0.25) is 0 Å². The van der Waals surface area contributed by atoms with E-state index in [1.165, 1.54) is 6.07 Å². The van der Waals surface area contributed by atoms with Crippen LogP contribution in [0.4, 0.5) is 4.39 Å². The predicted octanol–water partition coefficient (Wildman–Crippen LogP) is 2.84. The van der Waals surface area contributed by atoms with Crippen molar-refractivity contribution in [1.29, 1.82) is 0 Å². The van der Waals surface area contributed by atoms with E-state index in [1.807, 2.05) is 6.07 Å². The highest BCUT2D eigenvalue weighted by Gasteiger charge is 2.26. The van der Waals surface area contributed by atoms with Gasteiger partial charge in [-0.15, -0.1) is 0 Å². The fourth-order valence-corrected chi connectivity index (χ4v) is 2.90. The van der Waals surface area contributed by atoms with Crippen molar-refractivity contribution in [2.75, 3.05) is 6.54 Å². The van der Waals surface area contributed by atoms with E-state index in [4.69, 9.17) is 18.0 Å². The van der Waals surface area contributed by atoms with Gasteiger partial charge in [-0.05, 0) is 53.0 Å². The van der Waals surface area contributed by atoms with Crippen LogP contribution in [0.15, 0.2) is 22.7 Å². The van der Waals surface area contributed by atoms with Crippen LogP contribution in [0, 0.1) is 5.82 Å². The molecule has 0 amide bonds. The third-order valence-electron chi connectivity index (χ3n) is 3.06. The van der Waals surface area contributed by atoms with Crippen molar-refractivity contribution < 1.29 is 4.39 Å². The van der Waals surface area contributed by atoms with Crippen LogP contribution in [0.1, 0.15) is 18.4 Å². The van der Waals surface area contributed by atoms with E-state index in [2.05, 4.69) is 20.8 Å². The van der Waals surface area contributed by atoms with Crippen LogP contribution >= 0.6 is 28.1 Å².